The second-order valence-corrected chi connectivity index (χ2v) is 7.13. The molecule has 1 aliphatic heterocycles. The highest BCUT2D eigenvalue weighted by atomic mass is 16.5. The number of rotatable bonds is 4. The number of hydrogen-bond acceptors (Lipinski definition) is 2. The Labute approximate surface area is 122 Å². The number of hydrogen-bond donors (Lipinski definition) is 0. The molecule has 0 bridgehead atoms. The van der Waals surface area contributed by atoms with E-state index in [0.717, 1.165) is 42.6 Å². The Morgan fingerprint density at radius 2 is 2.10 bits per heavy atom. The van der Waals surface area contributed by atoms with Gasteiger partial charge >= 0.3 is 0 Å². The molecule has 0 N–H and O–H groups in total. The molecule has 0 fully saturated rings. The van der Waals surface area contributed by atoms with Crippen molar-refractivity contribution in [2.24, 2.45) is 5.41 Å². The summed E-state index contributed by atoms with van der Waals surface area (Å²) in [6.07, 6.45) is 6.44. The van der Waals surface area contributed by atoms with Crippen molar-refractivity contribution in [1.82, 2.24) is 0 Å². The molecule has 2 aliphatic rings. The van der Waals surface area contributed by atoms with Gasteiger partial charge in [-0.2, -0.15) is 0 Å². The maximum absolute atomic E-state index is 12.2. The maximum Gasteiger partial charge on any atom is 0.162 e. The lowest BCUT2D eigenvalue weighted by atomic mass is 9.76. The highest BCUT2D eigenvalue weighted by Crippen LogP contribution is 2.44. The van der Waals surface area contributed by atoms with Crippen molar-refractivity contribution in [2.75, 3.05) is 0 Å². The summed E-state index contributed by atoms with van der Waals surface area (Å²) in [5, 5.41) is 0. The SMILES string of the molecule is C=C(CCC=C(C)C)C1CC2=C(CC(C)(C)CC2=O)O1. The predicted octanol–water partition coefficient (Wildman–Crippen LogP) is 4.72. The van der Waals surface area contributed by atoms with Crippen molar-refractivity contribution in [1.29, 1.82) is 0 Å². The molecule has 0 amide bonds. The smallest absolute Gasteiger partial charge is 0.162 e. The van der Waals surface area contributed by atoms with Crippen LogP contribution >= 0.6 is 0 Å². The van der Waals surface area contributed by atoms with Crippen LogP contribution in [0.1, 0.15) is 59.8 Å². The molecule has 2 rings (SSSR count). The monoisotopic (exact) mass is 274 g/mol. The van der Waals surface area contributed by atoms with Gasteiger partial charge in [-0.15, -0.1) is 0 Å². The first-order valence-electron chi connectivity index (χ1n) is 7.51. The third kappa shape index (κ3) is 3.41. The lowest BCUT2D eigenvalue weighted by molar-refractivity contribution is -0.118. The van der Waals surface area contributed by atoms with E-state index < -0.39 is 0 Å². The lowest BCUT2D eigenvalue weighted by Crippen LogP contribution is -2.24. The minimum absolute atomic E-state index is 0.0170. The summed E-state index contributed by atoms with van der Waals surface area (Å²) in [6, 6.07) is 0. The van der Waals surface area contributed by atoms with Gasteiger partial charge in [0, 0.05) is 24.8 Å². The average Bonchev–Trinajstić information content (AvgIpc) is 2.70. The summed E-state index contributed by atoms with van der Waals surface area (Å²) in [5.41, 5.74) is 3.41. The first-order valence-corrected chi connectivity index (χ1v) is 7.51. The van der Waals surface area contributed by atoms with Crippen molar-refractivity contribution in [3.8, 4) is 0 Å². The zero-order valence-corrected chi connectivity index (χ0v) is 13.2. The molecule has 2 heteroatoms. The van der Waals surface area contributed by atoms with Crippen molar-refractivity contribution in [2.45, 2.75) is 65.9 Å². The number of allylic oxidation sites excluding steroid dienone is 3. The fraction of sp³-hybridized carbons (Fsp3) is 0.611. The van der Waals surface area contributed by atoms with Crippen LogP contribution in [0.25, 0.3) is 0 Å². The molecular formula is C18H26O2. The molecule has 0 aromatic heterocycles. The van der Waals surface area contributed by atoms with E-state index in [1.54, 1.807) is 0 Å². The van der Waals surface area contributed by atoms with E-state index in [2.05, 4.69) is 40.3 Å². The predicted molar refractivity (Wildman–Crippen MR) is 82.3 cm³/mol. The van der Waals surface area contributed by atoms with Gasteiger partial charge in [-0.25, -0.2) is 0 Å². The largest absolute Gasteiger partial charge is 0.490 e. The average molecular weight is 274 g/mol. The minimum atomic E-state index is 0.0170. The van der Waals surface area contributed by atoms with E-state index in [0.29, 0.717) is 6.42 Å². The Morgan fingerprint density at radius 1 is 1.40 bits per heavy atom. The molecule has 20 heavy (non-hydrogen) atoms. The third-order valence-electron chi connectivity index (χ3n) is 4.10. The first-order chi connectivity index (χ1) is 9.28. The third-order valence-corrected chi connectivity index (χ3v) is 4.10. The number of Topliss-reactive ketones (excluding diaryl/α,β-unsaturated/α-hetero) is 1. The summed E-state index contributed by atoms with van der Waals surface area (Å²) in [7, 11) is 0. The number of carbonyl (C=O) groups is 1. The van der Waals surface area contributed by atoms with Crippen LogP contribution < -0.4 is 0 Å². The van der Waals surface area contributed by atoms with Gasteiger partial charge in [0.1, 0.15) is 11.9 Å². The number of carbonyl (C=O) groups excluding carboxylic acids is 1. The zero-order valence-electron chi connectivity index (χ0n) is 13.2. The van der Waals surface area contributed by atoms with Gasteiger partial charge in [0.15, 0.2) is 5.78 Å². The van der Waals surface area contributed by atoms with Crippen molar-refractivity contribution < 1.29 is 9.53 Å². The van der Waals surface area contributed by atoms with Crippen LogP contribution in [0.5, 0.6) is 0 Å². The van der Waals surface area contributed by atoms with Gasteiger partial charge in [-0.1, -0.05) is 32.1 Å². The maximum atomic E-state index is 12.2. The first kappa shape index (κ1) is 15.1. The summed E-state index contributed by atoms with van der Waals surface area (Å²) >= 11 is 0. The molecule has 1 heterocycles. The lowest BCUT2D eigenvalue weighted by Gasteiger charge is -2.28. The summed E-state index contributed by atoms with van der Waals surface area (Å²) in [4.78, 5) is 12.2. The normalized spacial score (nSPS) is 24.2. The van der Waals surface area contributed by atoms with Gasteiger partial charge in [0.2, 0.25) is 0 Å². The molecule has 0 spiro atoms. The molecule has 1 unspecified atom stereocenters. The van der Waals surface area contributed by atoms with Crippen LogP contribution in [0, 0.1) is 5.41 Å². The van der Waals surface area contributed by atoms with Gasteiger partial charge in [0.05, 0.1) is 0 Å². The van der Waals surface area contributed by atoms with Crippen LogP contribution in [0.3, 0.4) is 0 Å². The van der Waals surface area contributed by atoms with E-state index in [1.165, 1.54) is 5.57 Å². The van der Waals surface area contributed by atoms with Crippen LogP contribution in [0.2, 0.25) is 0 Å². The quantitative estimate of drug-likeness (QED) is 0.693. The molecule has 2 nitrogen and oxygen atoms in total. The molecular weight excluding hydrogens is 248 g/mol. The molecule has 0 saturated heterocycles. The molecule has 110 valence electrons. The van der Waals surface area contributed by atoms with E-state index in [1.807, 2.05) is 0 Å². The van der Waals surface area contributed by atoms with Crippen LogP contribution in [-0.4, -0.2) is 11.9 Å². The second-order valence-electron chi connectivity index (χ2n) is 7.13. The van der Waals surface area contributed by atoms with Crippen LogP contribution in [0.4, 0.5) is 0 Å². The van der Waals surface area contributed by atoms with E-state index >= 15 is 0 Å². The Hall–Kier alpha value is -1.31. The van der Waals surface area contributed by atoms with Gasteiger partial charge < -0.3 is 4.74 Å². The van der Waals surface area contributed by atoms with Crippen molar-refractivity contribution in [3.63, 3.8) is 0 Å². The van der Waals surface area contributed by atoms with E-state index in [9.17, 15) is 4.79 Å². The molecule has 1 atom stereocenters. The molecule has 0 radical (unpaired) electrons. The van der Waals surface area contributed by atoms with E-state index in [-0.39, 0.29) is 17.3 Å². The Bertz CT molecular complexity index is 488. The van der Waals surface area contributed by atoms with Gasteiger partial charge in [-0.05, 0) is 37.7 Å². The highest BCUT2D eigenvalue weighted by Gasteiger charge is 2.39. The van der Waals surface area contributed by atoms with Crippen LogP contribution in [-0.2, 0) is 9.53 Å². The van der Waals surface area contributed by atoms with E-state index in [4.69, 9.17) is 4.74 Å². The number of ether oxygens (including phenoxy) is 1. The van der Waals surface area contributed by atoms with Crippen LogP contribution in [0.15, 0.2) is 35.1 Å². The second kappa shape index (κ2) is 5.59. The molecule has 0 saturated carbocycles. The van der Waals surface area contributed by atoms with Crippen molar-refractivity contribution >= 4 is 5.78 Å². The standard InChI is InChI=1S/C18H26O2/c1-12(2)7-6-8-13(3)16-9-14-15(19)10-18(4,5)11-17(14)20-16/h7,16H,3,6,8-11H2,1-2,4-5H3. The molecule has 1 aliphatic carbocycles. The Kier molecular flexibility index (Phi) is 4.22. The van der Waals surface area contributed by atoms with Gasteiger partial charge in [0.25, 0.3) is 0 Å². The van der Waals surface area contributed by atoms with Crippen molar-refractivity contribution in [3.05, 3.63) is 35.1 Å². The zero-order chi connectivity index (χ0) is 14.9. The minimum Gasteiger partial charge on any atom is -0.490 e. The number of ketones is 1. The molecule has 0 aromatic rings. The van der Waals surface area contributed by atoms with Gasteiger partial charge in [-0.3, -0.25) is 4.79 Å². The topological polar surface area (TPSA) is 26.3 Å². The summed E-state index contributed by atoms with van der Waals surface area (Å²) < 4.78 is 6.03. The fourth-order valence-corrected chi connectivity index (χ4v) is 2.97. The molecule has 0 aromatic carbocycles. The Morgan fingerprint density at radius 3 is 2.75 bits per heavy atom. The Balaban J connectivity index is 1.96. The highest BCUT2D eigenvalue weighted by molar-refractivity contribution is 5.97. The summed E-state index contributed by atoms with van der Waals surface area (Å²) in [6.45, 7) is 12.6. The fourth-order valence-electron chi connectivity index (χ4n) is 2.97. The summed E-state index contributed by atoms with van der Waals surface area (Å²) in [5.74, 6) is 1.20.